The van der Waals surface area contributed by atoms with Gasteiger partial charge in [-0.2, -0.15) is 0 Å². The normalized spacial score (nSPS) is 9.26. The Morgan fingerprint density at radius 3 is 1.21 bits per heavy atom. The predicted molar refractivity (Wildman–Crippen MR) is 96.1 cm³/mol. The number of hydrogen-bond donors (Lipinski definition) is 0. The first-order valence-electron chi connectivity index (χ1n) is 7.51. The molecule has 0 radical (unpaired) electrons. The number of unbranched alkanes of at least 4 members (excludes halogenated alkanes) is 2. The molecule has 0 spiro atoms. The highest BCUT2D eigenvalue weighted by Crippen LogP contribution is 2.11. The Labute approximate surface area is 128 Å². The Kier molecular flexibility index (Phi) is 43.3. The van der Waals surface area contributed by atoms with Crippen molar-refractivity contribution in [3.05, 3.63) is 35.9 Å². The molecule has 0 aliphatic heterocycles. The highest BCUT2D eigenvalue weighted by Gasteiger charge is 1.88. The lowest BCUT2D eigenvalue weighted by atomic mass is 10.2. The lowest BCUT2D eigenvalue weighted by molar-refractivity contribution is 0.886. The molecule has 0 N–H and O–H groups in total. The van der Waals surface area contributed by atoms with E-state index in [1.54, 1.807) is 12.2 Å². The SMILES string of the molecule is C=C/C(Cl)=C(/C)CC.C=CC.CCCC.CCCC. The van der Waals surface area contributed by atoms with E-state index in [1.807, 2.05) is 13.8 Å². The number of rotatable bonds is 4. The smallest absolute Gasteiger partial charge is 0.0389 e. The minimum atomic E-state index is 0.785. The second-order valence-corrected chi connectivity index (χ2v) is 4.50. The van der Waals surface area contributed by atoms with E-state index in [0.717, 1.165) is 11.5 Å². The summed E-state index contributed by atoms with van der Waals surface area (Å²) in [6.07, 6.45) is 9.70. The highest BCUT2D eigenvalue weighted by atomic mass is 35.5. The van der Waals surface area contributed by atoms with E-state index < -0.39 is 0 Å². The van der Waals surface area contributed by atoms with Crippen molar-refractivity contribution in [1.29, 1.82) is 0 Å². The third-order valence-electron chi connectivity index (χ3n) is 2.12. The van der Waals surface area contributed by atoms with Crippen LogP contribution in [0.4, 0.5) is 0 Å². The van der Waals surface area contributed by atoms with E-state index in [0.29, 0.717) is 0 Å². The molecule has 0 amide bonds. The first-order valence-corrected chi connectivity index (χ1v) is 7.89. The molecule has 0 fully saturated rings. The van der Waals surface area contributed by atoms with Gasteiger partial charge in [0.2, 0.25) is 0 Å². The zero-order valence-electron chi connectivity index (χ0n) is 14.5. The monoisotopic (exact) mass is 288 g/mol. The molecule has 0 nitrogen and oxygen atoms in total. The molecule has 0 bridgehead atoms. The molecule has 116 valence electrons. The molecule has 0 atom stereocenters. The molecule has 0 saturated carbocycles. The molecular weight excluding hydrogens is 252 g/mol. The summed E-state index contributed by atoms with van der Waals surface area (Å²) in [6, 6.07) is 0. The van der Waals surface area contributed by atoms with Crippen LogP contribution >= 0.6 is 11.6 Å². The Bertz CT molecular complexity index is 182. The first kappa shape index (κ1) is 27.0. The van der Waals surface area contributed by atoms with Crippen LogP contribution in [0.25, 0.3) is 0 Å². The van der Waals surface area contributed by atoms with Gasteiger partial charge in [0.15, 0.2) is 0 Å². The molecular formula is C18H37Cl. The molecule has 0 aromatic rings. The van der Waals surface area contributed by atoms with Gasteiger partial charge < -0.3 is 0 Å². The van der Waals surface area contributed by atoms with E-state index in [2.05, 4.69) is 47.8 Å². The summed E-state index contributed by atoms with van der Waals surface area (Å²) in [5, 5.41) is 0.785. The second kappa shape index (κ2) is 30.5. The van der Waals surface area contributed by atoms with E-state index in [9.17, 15) is 0 Å². The molecule has 0 aliphatic rings. The first-order chi connectivity index (χ1) is 8.96. The Morgan fingerprint density at radius 1 is 0.895 bits per heavy atom. The van der Waals surface area contributed by atoms with Crippen molar-refractivity contribution >= 4 is 11.6 Å². The molecule has 0 aliphatic carbocycles. The number of halogens is 1. The van der Waals surface area contributed by atoms with Gasteiger partial charge in [-0.05, 0) is 20.3 Å². The minimum Gasteiger partial charge on any atom is -0.103 e. The maximum atomic E-state index is 5.68. The van der Waals surface area contributed by atoms with Crippen LogP contribution in [0.15, 0.2) is 35.9 Å². The molecule has 0 heterocycles. The van der Waals surface area contributed by atoms with Crippen LogP contribution in [0, 0.1) is 0 Å². The largest absolute Gasteiger partial charge is 0.103 e. The lowest BCUT2D eigenvalue weighted by Gasteiger charge is -1.93. The quantitative estimate of drug-likeness (QED) is 0.364. The third kappa shape index (κ3) is 46.6. The Hall–Kier alpha value is -0.490. The van der Waals surface area contributed by atoms with Crippen LogP contribution in [-0.2, 0) is 0 Å². The summed E-state index contributed by atoms with van der Waals surface area (Å²) >= 11 is 5.68. The van der Waals surface area contributed by atoms with Gasteiger partial charge in [0.25, 0.3) is 0 Å². The Balaban J connectivity index is -0.0000000871. The molecule has 0 saturated heterocycles. The van der Waals surface area contributed by atoms with Gasteiger partial charge in [-0.15, -0.1) is 6.58 Å². The molecule has 19 heavy (non-hydrogen) atoms. The summed E-state index contributed by atoms with van der Waals surface area (Å²) in [5.41, 5.74) is 1.20. The van der Waals surface area contributed by atoms with Crippen molar-refractivity contribution in [3.8, 4) is 0 Å². The summed E-state index contributed by atoms with van der Waals surface area (Å²) in [4.78, 5) is 0. The van der Waals surface area contributed by atoms with E-state index in [-0.39, 0.29) is 0 Å². The number of hydrogen-bond acceptors (Lipinski definition) is 0. The van der Waals surface area contributed by atoms with Gasteiger partial charge in [0, 0.05) is 5.03 Å². The minimum absolute atomic E-state index is 0.785. The van der Waals surface area contributed by atoms with E-state index in [4.69, 9.17) is 11.6 Å². The average molecular weight is 289 g/mol. The Morgan fingerprint density at radius 2 is 1.16 bits per heavy atom. The summed E-state index contributed by atoms with van der Waals surface area (Å²) in [7, 11) is 0. The molecule has 1 heteroatoms. The van der Waals surface area contributed by atoms with Crippen molar-refractivity contribution in [2.75, 3.05) is 0 Å². The fourth-order valence-corrected chi connectivity index (χ4v) is 0.477. The highest BCUT2D eigenvalue weighted by molar-refractivity contribution is 6.31. The van der Waals surface area contributed by atoms with Crippen molar-refractivity contribution < 1.29 is 0 Å². The van der Waals surface area contributed by atoms with Crippen LogP contribution in [0.2, 0.25) is 0 Å². The van der Waals surface area contributed by atoms with Gasteiger partial charge in [-0.3, -0.25) is 0 Å². The van der Waals surface area contributed by atoms with Crippen LogP contribution in [0.5, 0.6) is 0 Å². The maximum absolute atomic E-state index is 5.68. The van der Waals surface area contributed by atoms with E-state index in [1.165, 1.54) is 31.3 Å². The van der Waals surface area contributed by atoms with Crippen molar-refractivity contribution in [2.24, 2.45) is 0 Å². The zero-order chi connectivity index (χ0) is 16.1. The predicted octanol–water partition coefficient (Wildman–Crippen LogP) is 7.90. The van der Waals surface area contributed by atoms with Gasteiger partial charge in [-0.1, -0.05) is 96.2 Å². The fourth-order valence-electron chi connectivity index (χ4n) is 0.343. The van der Waals surface area contributed by atoms with Crippen LogP contribution < -0.4 is 0 Å². The van der Waals surface area contributed by atoms with Crippen molar-refractivity contribution in [3.63, 3.8) is 0 Å². The summed E-state index contributed by atoms with van der Waals surface area (Å²) in [5.74, 6) is 0. The zero-order valence-corrected chi connectivity index (χ0v) is 15.2. The molecule has 0 aromatic heterocycles. The molecule has 0 rings (SSSR count). The molecule has 0 aromatic carbocycles. The fraction of sp³-hybridized carbons (Fsp3) is 0.667. The van der Waals surface area contributed by atoms with Gasteiger partial charge in [0.1, 0.15) is 0 Å². The van der Waals surface area contributed by atoms with Gasteiger partial charge in [0.05, 0.1) is 0 Å². The van der Waals surface area contributed by atoms with Gasteiger partial charge >= 0.3 is 0 Å². The average Bonchev–Trinajstić information content (AvgIpc) is 2.46. The number of allylic oxidation sites excluding steroid dienone is 4. The second-order valence-electron chi connectivity index (χ2n) is 4.09. The standard InChI is InChI=1S/C7H11Cl.2C4H10.C3H6/c1-4-6(3)7(8)5-2;2*1-3-4-2;1-3-2/h5H,2,4H2,1,3H3;2*3-4H2,1-2H3;3H,1H2,2H3/b7-6+;;;. The summed E-state index contributed by atoms with van der Waals surface area (Å²) < 4.78 is 0. The van der Waals surface area contributed by atoms with Crippen molar-refractivity contribution in [2.45, 2.75) is 80.6 Å². The van der Waals surface area contributed by atoms with Gasteiger partial charge in [-0.25, -0.2) is 0 Å². The topological polar surface area (TPSA) is 0 Å². The van der Waals surface area contributed by atoms with Crippen LogP contribution in [0.3, 0.4) is 0 Å². The van der Waals surface area contributed by atoms with E-state index >= 15 is 0 Å². The molecule has 0 unspecified atom stereocenters. The van der Waals surface area contributed by atoms with Crippen LogP contribution in [-0.4, -0.2) is 0 Å². The lowest BCUT2D eigenvalue weighted by Crippen LogP contribution is -1.72. The summed E-state index contributed by atoms with van der Waals surface area (Å²) in [6.45, 7) is 21.6. The third-order valence-corrected chi connectivity index (χ3v) is 2.59. The van der Waals surface area contributed by atoms with Crippen LogP contribution in [0.1, 0.15) is 80.6 Å². The van der Waals surface area contributed by atoms with Crippen molar-refractivity contribution in [1.82, 2.24) is 0 Å². The maximum Gasteiger partial charge on any atom is 0.0389 e.